The molecule has 0 spiro atoms. The maximum atomic E-state index is 11.7. The molecule has 0 aliphatic carbocycles. The average molecular weight is 254 g/mol. The zero-order chi connectivity index (χ0) is 13.1. The molecular formula is C11H14N2O3S. The average Bonchev–Trinajstić information content (AvgIpc) is 2.29. The van der Waals surface area contributed by atoms with E-state index in [1.54, 1.807) is 12.1 Å². The fourth-order valence-corrected chi connectivity index (χ4v) is 1.69. The molecule has 1 aromatic carbocycles. The van der Waals surface area contributed by atoms with Gasteiger partial charge >= 0.3 is 0 Å². The number of benzene rings is 1. The van der Waals surface area contributed by atoms with Gasteiger partial charge in [0.1, 0.15) is 5.37 Å². The Balaban J connectivity index is 2.80. The number of amides is 1. The summed E-state index contributed by atoms with van der Waals surface area (Å²) in [4.78, 5) is 11.7. The SMILES string of the molecule is C=CS(=O)(=O)C(C)NC(=O)c1ccc(N)cc1. The summed E-state index contributed by atoms with van der Waals surface area (Å²) < 4.78 is 22.7. The van der Waals surface area contributed by atoms with E-state index >= 15 is 0 Å². The summed E-state index contributed by atoms with van der Waals surface area (Å²) in [7, 11) is -3.50. The van der Waals surface area contributed by atoms with Gasteiger partial charge in [0.25, 0.3) is 5.91 Å². The molecule has 6 heteroatoms. The molecule has 0 aromatic heterocycles. The summed E-state index contributed by atoms with van der Waals surface area (Å²) >= 11 is 0. The number of hydrogen-bond acceptors (Lipinski definition) is 4. The van der Waals surface area contributed by atoms with Crippen molar-refractivity contribution in [3.63, 3.8) is 0 Å². The lowest BCUT2D eigenvalue weighted by molar-refractivity contribution is 0.0950. The minimum Gasteiger partial charge on any atom is -0.399 e. The van der Waals surface area contributed by atoms with Crippen LogP contribution >= 0.6 is 0 Å². The van der Waals surface area contributed by atoms with Crippen LogP contribution in [0.25, 0.3) is 0 Å². The highest BCUT2D eigenvalue weighted by atomic mass is 32.2. The number of rotatable bonds is 4. The molecule has 0 saturated carbocycles. The second-order valence-corrected chi connectivity index (χ2v) is 5.71. The van der Waals surface area contributed by atoms with Crippen LogP contribution in [0.1, 0.15) is 17.3 Å². The van der Waals surface area contributed by atoms with Crippen LogP contribution in [0, 0.1) is 0 Å². The van der Waals surface area contributed by atoms with Crippen molar-refractivity contribution in [1.82, 2.24) is 5.32 Å². The monoisotopic (exact) mass is 254 g/mol. The molecule has 1 amide bonds. The summed E-state index contributed by atoms with van der Waals surface area (Å²) in [5.74, 6) is -0.470. The predicted molar refractivity (Wildman–Crippen MR) is 66.9 cm³/mol. The molecule has 0 bridgehead atoms. The second-order valence-electron chi connectivity index (χ2n) is 3.49. The smallest absolute Gasteiger partial charge is 0.252 e. The Labute approximate surface area is 100 Å². The van der Waals surface area contributed by atoms with Crippen LogP contribution in [-0.4, -0.2) is 19.7 Å². The highest BCUT2D eigenvalue weighted by Crippen LogP contribution is 2.07. The van der Waals surface area contributed by atoms with E-state index in [2.05, 4.69) is 11.9 Å². The zero-order valence-corrected chi connectivity index (χ0v) is 10.2. The Morgan fingerprint density at radius 2 is 1.94 bits per heavy atom. The maximum Gasteiger partial charge on any atom is 0.252 e. The number of nitrogens with two attached hydrogens (primary N) is 1. The number of nitrogens with one attached hydrogen (secondary N) is 1. The molecule has 1 unspecified atom stereocenters. The van der Waals surface area contributed by atoms with Crippen molar-refractivity contribution in [1.29, 1.82) is 0 Å². The van der Waals surface area contributed by atoms with E-state index in [0.717, 1.165) is 5.41 Å². The van der Waals surface area contributed by atoms with Crippen molar-refractivity contribution in [2.75, 3.05) is 5.73 Å². The van der Waals surface area contributed by atoms with Gasteiger partial charge in [-0.25, -0.2) is 8.42 Å². The lowest BCUT2D eigenvalue weighted by Gasteiger charge is -2.12. The third kappa shape index (κ3) is 3.32. The van der Waals surface area contributed by atoms with Crippen molar-refractivity contribution in [3.8, 4) is 0 Å². The van der Waals surface area contributed by atoms with Crippen molar-refractivity contribution in [3.05, 3.63) is 41.8 Å². The number of carbonyl (C=O) groups is 1. The minimum atomic E-state index is -3.50. The Kier molecular flexibility index (Phi) is 3.90. The van der Waals surface area contributed by atoms with Crippen LogP contribution in [0.2, 0.25) is 0 Å². The summed E-state index contributed by atoms with van der Waals surface area (Å²) in [5.41, 5.74) is 6.37. The predicted octanol–water partition coefficient (Wildman–Crippen LogP) is 0.903. The number of hydrogen-bond donors (Lipinski definition) is 2. The fraction of sp³-hybridized carbons (Fsp3) is 0.182. The Morgan fingerprint density at radius 1 is 1.41 bits per heavy atom. The third-order valence-corrected chi connectivity index (χ3v) is 3.80. The molecule has 0 heterocycles. The first kappa shape index (κ1) is 13.2. The van der Waals surface area contributed by atoms with Crippen LogP contribution in [0.4, 0.5) is 5.69 Å². The van der Waals surface area contributed by atoms with Gasteiger partial charge in [-0.05, 0) is 31.2 Å². The van der Waals surface area contributed by atoms with E-state index in [0.29, 0.717) is 11.3 Å². The lowest BCUT2D eigenvalue weighted by atomic mass is 10.2. The van der Waals surface area contributed by atoms with Gasteiger partial charge in [0, 0.05) is 16.7 Å². The highest BCUT2D eigenvalue weighted by molar-refractivity contribution is 7.94. The van der Waals surface area contributed by atoms with Gasteiger partial charge in [-0.1, -0.05) is 6.58 Å². The van der Waals surface area contributed by atoms with E-state index in [9.17, 15) is 13.2 Å². The molecule has 0 aliphatic rings. The molecule has 1 aromatic rings. The molecule has 92 valence electrons. The van der Waals surface area contributed by atoms with Gasteiger partial charge < -0.3 is 11.1 Å². The number of sulfone groups is 1. The van der Waals surface area contributed by atoms with Crippen LogP contribution in [0.3, 0.4) is 0 Å². The second kappa shape index (κ2) is 5.01. The highest BCUT2D eigenvalue weighted by Gasteiger charge is 2.19. The number of nitrogen functional groups attached to an aromatic ring is 1. The van der Waals surface area contributed by atoms with E-state index < -0.39 is 21.1 Å². The fourth-order valence-electron chi connectivity index (χ4n) is 1.13. The standard InChI is InChI=1S/C11H14N2O3S/c1-3-17(15,16)8(2)13-11(14)9-4-6-10(12)7-5-9/h3-8H,1,12H2,2H3,(H,13,14). The van der Waals surface area contributed by atoms with Crippen LogP contribution < -0.4 is 11.1 Å². The van der Waals surface area contributed by atoms with Gasteiger partial charge in [0.2, 0.25) is 0 Å². The van der Waals surface area contributed by atoms with Crippen LogP contribution in [0.5, 0.6) is 0 Å². The molecule has 1 atom stereocenters. The quantitative estimate of drug-likeness (QED) is 0.781. The van der Waals surface area contributed by atoms with Crippen LogP contribution in [0.15, 0.2) is 36.3 Å². The van der Waals surface area contributed by atoms with E-state index in [1.807, 2.05) is 0 Å². The molecular weight excluding hydrogens is 240 g/mol. The zero-order valence-electron chi connectivity index (χ0n) is 9.38. The molecule has 1 rings (SSSR count). The molecule has 5 nitrogen and oxygen atoms in total. The number of anilines is 1. The van der Waals surface area contributed by atoms with Crippen molar-refractivity contribution in [2.24, 2.45) is 0 Å². The van der Waals surface area contributed by atoms with Gasteiger partial charge in [-0.2, -0.15) is 0 Å². The molecule has 17 heavy (non-hydrogen) atoms. The van der Waals surface area contributed by atoms with E-state index in [-0.39, 0.29) is 0 Å². The third-order valence-electron chi connectivity index (χ3n) is 2.23. The molecule has 3 N–H and O–H groups in total. The van der Waals surface area contributed by atoms with Gasteiger partial charge in [-0.3, -0.25) is 4.79 Å². The van der Waals surface area contributed by atoms with Crippen molar-refractivity contribution < 1.29 is 13.2 Å². The largest absolute Gasteiger partial charge is 0.399 e. The minimum absolute atomic E-state index is 0.352. The summed E-state index contributed by atoms with van der Waals surface area (Å²) in [6.45, 7) is 4.57. The Hall–Kier alpha value is -1.82. The topological polar surface area (TPSA) is 89.3 Å². The van der Waals surface area contributed by atoms with E-state index in [1.165, 1.54) is 19.1 Å². The first-order chi connectivity index (χ1) is 7.86. The first-order valence-corrected chi connectivity index (χ1v) is 6.50. The van der Waals surface area contributed by atoms with Gasteiger partial charge in [0.05, 0.1) is 0 Å². The summed E-state index contributed by atoms with van der Waals surface area (Å²) in [5, 5.41) is 2.18. The maximum absolute atomic E-state index is 11.7. The normalized spacial score (nSPS) is 12.8. The summed E-state index contributed by atoms with van der Waals surface area (Å²) in [6.07, 6.45) is 0. The van der Waals surface area contributed by atoms with E-state index in [4.69, 9.17) is 5.73 Å². The Bertz CT molecular complexity index is 520. The Morgan fingerprint density at radius 3 is 2.41 bits per heavy atom. The molecule has 0 saturated heterocycles. The summed E-state index contributed by atoms with van der Waals surface area (Å²) in [6, 6.07) is 6.19. The molecule has 0 aliphatic heterocycles. The first-order valence-electron chi connectivity index (χ1n) is 4.89. The van der Waals surface area contributed by atoms with Crippen LogP contribution in [-0.2, 0) is 9.84 Å². The van der Waals surface area contributed by atoms with Gasteiger partial charge in [-0.15, -0.1) is 0 Å². The molecule has 0 fully saturated rings. The van der Waals surface area contributed by atoms with Crippen molar-refractivity contribution >= 4 is 21.4 Å². The molecule has 0 radical (unpaired) electrons. The van der Waals surface area contributed by atoms with Gasteiger partial charge in [0.15, 0.2) is 9.84 Å². The van der Waals surface area contributed by atoms with Crippen molar-refractivity contribution in [2.45, 2.75) is 12.3 Å². The lowest BCUT2D eigenvalue weighted by Crippen LogP contribution is -2.37. The number of carbonyl (C=O) groups excluding carboxylic acids is 1.